The molecule has 19 unspecified atom stereocenters. The third-order valence-electron chi connectivity index (χ3n) is 39.0. The van der Waals surface area contributed by atoms with Crippen LogP contribution in [0, 0.1) is 155 Å². The van der Waals surface area contributed by atoms with Crippen molar-refractivity contribution in [1.29, 1.82) is 5.26 Å². The SMILES string of the molecule is C=C(COC(=O)C(C)(C)CC)CC1C2CC3C(=O)OC1C3C2.CCC(C)(C)C(=O)OC1(CC)C2CC3CC(C2)CC1C3.CCC(C)(C)C(=O)OC12CC3CC(CC(O)(C3)C1)C2.CCC(C)(C)C(=O)OC12CC3CC(CC(O)(C3)C1)C2.CCC(C)(C)C(=O)OC1C2CC3C(=O)OC1C3C2.CCC(C)(C)C(=O)OCC(=O)OC1C2CC3C1OC(=O)C3(C#N)C2.CCC1(OC(=O)C(C)(C)CC)CCCC1. The number of carbonyl (C=O) groups is 11. The Labute approximate surface area is 817 Å². The molecule has 2 N–H and O–H groups in total. The molecule has 0 aromatic heterocycles. The van der Waals surface area contributed by atoms with E-state index in [9.17, 15) is 68.2 Å². The van der Waals surface area contributed by atoms with E-state index >= 15 is 0 Å². The maximum Gasteiger partial charge on any atom is 0.344 e. The van der Waals surface area contributed by atoms with Gasteiger partial charge in [0.2, 0.25) is 0 Å². The molecule has 25 heteroatoms. The fourth-order valence-electron chi connectivity index (χ4n) is 28.4. The van der Waals surface area contributed by atoms with Crippen molar-refractivity contribution >= 4 is 65.7 Å². The normalized spacial score (nSPS) is 38.2. The van der Waals surface area contributed by atoms with Crippen LogP contribution in [0.4, 0.5) is 0 Å². The van der Waals surface area contributed by atoms with Gasteiger partial charge in [-0.05, 0) is 380 Å². The van der Waals surface area contributed by atoms with Crippen LogP contribution < -0.4 is 0 Å². The Hall–Kier alpha value is -6.68. The second-order valence-electron chi connectivity index (χ2n) is 51.5. The first-order chi connectivity index (χ1) is 63.9. The lowest BCUT2D eigenvalue weighted by Gasteiger charge is -2.60. The van der Waals surface area contributed by atoms with Crippen LogP contribution in [-0.2, 0) is 105 Å². The van der Waals surface area contributed by atoms with E-state index < -0.39 is 80.4 Å². The molecule has 22 aliphatic rings. The van der Waals surface area contributed by atoms with Crippen molar-refractivity contribution < 1.29 is 115 Å². The van der Waals surface area contributed by atoms with Crippen molar-refractivity contribution in [3.8, 4) is 6.07 Å². The van der Waals surface area contributed by atoms with E-state index in [1.54, 1.807) is 13.8 Å². The fourth-order valence-corrected chi connectivity index (χ4v) is 28.4. The number of fused-ring (bicyclic) bond motifs is 3. The summed E-state index contributed by atoms with van der Waals surface area (Å²) in [5.74, 6) is 5.16. The van der Waals surface area contributed by atoms with E-state index in [4.69, 9.17) is 52.1 Å². The van der Waals surface area contributed by atoms with Crippen molar-refractivity contribution in [3.05, 3.63) is 12.2 Å². The first-order valence-corrected chi connectivity index (χ1v) is 53.7. The monoisotopic (exact) mass is 1920 g/mol. The zero-order valence-electron chi connectivity index (χ0n) is 87.8. The lowest BCUT2D eigenvalue weighted by molar-refractivity contribution is -0.226. The number of aliphatic hydroxyl groups is 2. The molecule has 22 rings (SSSR count). The minimum atomic E-state index is -1.06. The summed E-state index contributed by atoms with van der Waals surface area (Å²) >= 11 is 0. The zero-order chi connectivity index (χ0) is 101. The Morgan fingerprint density at radius 2 is 0.796 bits per heavy atom. The zero-order valence-corrected chi connectivity index (χ0v) is 87.8. The van der Waals surface area contributed by atoms with E-state index in [1.807, 2.05) is 125 Å². The van der Waals surface area contributed by atoms with Gasteiger partial charge >= 0.3 is 65.7 Å². The van der Waals surface area contributed by atoms with Gasteiger partial charge in [-0.2, -0.15) is 5.26 Å². The van der Waals surface area contributed by atoms with E-state index in [0.29, 0.717) is 97.2 Å². The van der Waals surface area contributed by atoms with Crippen LogP contribution in [0.15, 0.2) is 12.2 Å². The summed E-state index contributed by atoms with van der Waals surface area (Å²) in [7, 11) is 0. The van der Waals surface area contributed by atoms with E-state index in [0.717, 1.165) is 165 Å². The van der Waals surface area contributed by atoms with Crippen LogP contribution in [0.25, 0.3) is 0 Å². The predicted molar refractivity (Wildman–Crippen MR) is 511 cm³/mol. The Morgan fingerprint density at radius 3 is 1.23 bits per heavy atom. The highest BCUT2D eigenvalue weighted by molar-refractivity contribution is 5.85. The smallest absolute Gasteiger partial charge is 0.344 e. The van der Waals surface area contributed by atoms with Crippen molar-refractivity contribution in [2.45, 2.75) is 461 Å². The summed E-state index contributed by atoms with van der Waals surface area (Å²) < 4.78 is 61.7. The Bertz CT molecular complexity index is 4380. The molecule has 18 bridgehead atoms. The third-order valence-corrected chi connectivity index (χ3v) is 39.0. The van der Waals surface area contributed by atoms with Crippen LogP contribution in [-0.4, -0.2) is 153 Å². The molecule has 0 aromatic rings. The van der Waals surface area contributed by atoms with Crippen molar-refractivity contribution in [3.63, 3.8) is 0 Å². The summed E-state index contributed by atoms with van der Waals surface area (Å²) in [6.07, 6.45) is 34.2. The first kappa shape index (κ1) is 108. The molecular weight excluding hydrogens is 1740 g/mol. The van der Waals surface area contributed by atoms with Crippen molar-refractivity contribution in [2.75, 3.05) is 13.2 Å². The average molecular weight is 1920 g/mol. The number of carbonyl (C=O) groups excluding carboxylic acids is 11. The Balaban J connectivity index is 0.000000136. The van der Waals surface area contributed by atoms with Gasteiger partial charge in [0.15, 0.2) is 12.0 Å². The maximum absolute atomic E-state index is 12.6. The van der Waals surface area contributed by atoms with Gasteiger partial charge in [-0.3, -0.25) is 47.9 Å². The highest BCUT2D eigenvalue weighted by Crippen LogP contribution is 2.66. The molecular formula is C112H173NO24. The van der Waals surface area contributed by atoms with E-state index in [1.165, 1.54) is 57.8 Å². The molecule has 0 radical (unpaired) electrons. The minimum Gasteiger partial charge on any atom is -0.462 e. The second kappa shape index (κ2) is 40.1. The maximum atomic E-state index is 12.6. The highest BCUT2D eigenvalue weighted by atomic mass is 16.6. The van der Waals surface area contributed by atoms with Crippen LogP contribution >= 0.6 is 0 Å². The Morgan fingerprint density at radius 1 is 0.409 bits per heavy atom. The number of esters is 11. The standard InChI is InChI=1S/C18H26O4.C18H30O2.C17H21NO6.2C16H26O3.C14H20O4.C13H24O2/c1-5-18(3,4)17(20)21-9-10(2)6-12-11-7-13-14(8-11)16(19)22-15(12)13;1-5-17(3,4)16(19)20-18(6-2)14-8-12-7-13(10-14)11-15(18)9-12;1-4-16(2,3)14(20)22-7-11(19)23-12-9-5-10-13(12)24-15(21)17(10,6-9)8-18;2*1-4-14(2,3)13(17)19-16-8-11-5-12(9-16)7-15(18,6-11)10-16;1-4-14(2,3)13(16)18-10-7-5-8-9(6-7)12(15)17-11(8)10;1-5-12(3,4)11(14)15-13(6-2)9-7-8-10-13/h11-15H,2,5-9H2,1,3-4H3;12-15H,5-11H2,1-4H3;9-10,12-13H,4-7H2,1-3H3;2*11-12,18H,4-10H2,1-3H3;7-11H,4-6H2,1-3H3;5-10H2,1-4H3. The predicted octanol–water partition coefficient (Wildman–Crippen LogP) is 20.7. The van der Waals surface area contributed by atoms with Gasteiger partial charge < -0.3 is 62.3 Å². The number of nitrogens with zero attached hydrogens (tertiary/aromatic N) is 1. The van der Waals surface area contributed by atoms with Crippen LogP contribution in [0.1, 0.15) is 397 Å². The third kappa shape index (κ3) is 21.9. The van der Waals surface area contributed by atoms with Gasteiger partial charge in [0.1, 0.15) is 59.5 Å². The fraction of sp³-hybridized carbons (Fsp3) is 0.875. The summed E-state index contributed by atoms with van der Waals surface area (Å²) in [5, 5.41) is 30.6. The number of hydrogen-bond donors (Lipinski definition) is 2. The van der Waals surface area contributed by atoms with Crippen molar-refractivity contribution in [1.82, 2.24) is 0 Å². The second-order valence-corrected chi connectivity index (χ2v) is 51.5. The average Bonchev–Trinajstić information content (AvgIpc) is 1.52. The molecule has 19 saturated carbocycles. The van der Waals surface area contributed by atoms with Crippen LogP contribution in [0.2, 0.25) is 0 Å². The number of ether oxygens (including phenoxy) is 11. The molecule has 3 saturated heterocycles. The molecule has 770 valence electrons. The topological polar surface area (TPSA) is 354 Å². The highest BCUT2D eigenvalue weighted by Gasteiger charge is 2.73. The molecule has 3 aliphatic heterocycles. The Kier molecular flexibility index (Phi) is 31.5. The minimum absolute atomic E-state index is 0.00161. The number of hydrogen-bond acceptors (Lipinski definition) is 25. The molecule has 3 heterocycles. The molecule has 137 heavy (non-hydrogen) atoms. The number of nitriles is 1. The summed E-state index contributed by atoms with van der Waals surface area (Å²) in [6, 6.07) is 2.10. The van der Waals surface area contributed by atoms with Crippen LogP contribution in [0.5, 0.6) is 0 Å². The molecule has 0 aromatic carbocycles. The summed E-state index contributed by atoms with van der Waals surface area (Å²) in [6.45, 7) is 49.1. The molecule has 19 atom stereocenters. The quantitative estimate of drug-likeness (QED) is 0.0417. The molecule has 19 aliphatic carbocycles. The van der Waals surface area contributed by atoms with Gasteiger partial charge in [0.25, 0.3) is 0 Å². The molecule has 0 spiro atoms. The van der Waals surface area contributed by atoms with Gasteiger partial charge in [-0.1, -0.05) is 68.9 Å². The van der Waals surface area contributed by atoms with Gasteiger partial charge in [0, 0.05) is 48.3 Å². The molecule has 0 amide bonds. The lowest BCUT2D eigenvalue weighted by atomic mass is 9.49. The van der Waals surface area contributed by atoms with Crippen molar-refractivity contribution in [2.24, 2.45) is 144 Å². The van der Waals surface area contributed by atoms with Gasteiger partial charge in [-0.25, -0.2) is 4.79 Å². The lowest BCUT2D eigenvalue weighted by Crippen LogP contribution is -2.61. The van der Waals surface area contributed by atoms with E-state index in [2.05, 4.69) is 33.4 Å². The largest absolute Gasteiger partial charge is 0.462 e. The first-order valence-electron chi connectivity index (χ1n) is 53.7. The van der Waals surface area contributed by atoms with Gasteiger partial charge in [0.05, 0.1) is 67.0 Å². The molecule has 25 nitrogen and oxygen atoms in total. The van der Waals surface area contributed by atoms with Crippen LogP contribution in [0.3, 0.4) is 0 Å². The number of rotatable bonds is 28. The molecule has 22 fully saturated rings. The van der Waals surface area contributed by atoms with E-state index in [-0.39, 0.29) is 130 Å². The van der Waals surface area contributed by atoms with Gasteiger partial charge in [-0.15, -0.1) is 0 Å². The summed E-state index contributed by atoms with van der Waals surface area (Å²) in [5.41, 5.74) is -5.26. The summed E-state index contributed by atoms with van der Waals surface area (Å²) in [4.78, 5) is 133.